The van der Waals surface area contributed by atoms with E-state index in [1.807, 2.05) is 24.3 Å². The fourth-order valence-electron chi connectivity index (χ4n) is 3.30. The topological polar surface area (TPSA) is 74.6 Å². The van der Waals surface area contributed by atoms with E-state index in [2.05, 4.69) is 0 Å². The maximum absolute atomic E-state index is 11.7. The molecule has 116 valence electrons. The lowest BCUT2D eigenvalue weighted by molar-refractivity contribution is 0.0688. The summed E-state index contributed by atoms with van der Waals surface area (Å²) in [4.78, 5) is 23.4. The Morgan fingerprint density at radius 1 is 0.542 bits per heavy atom. The van der Waals surface area contributed by atoms with Crippen molar-refractivity contribution in [1.29, 1.82) is 0 Å². The van der Waals surface area contributed by atoms with E-state index in [1.54, 1.807) is 36.4 Å². The highest BCUT2D eigenvalue weighted by Crippen LogP contribution is 2.35. The highest BCUT2D eigenvalue weighted by atomic mass is 16.4. The molecule has 4 nitrogen and oxygen atoms in total. The Balaban J connectivity index is 2.34. The number of carboxylic acid groups (broad SMARTS) is 2. The molecule has 0 amide bonds. The van der Waals surface area contributed by atoms with Gasteiger partial charge in [-0.25, -0.2) is 9.59 Å². The largest absolute Gasteiger partial charge is 0.478 e. The van der Waals surface area contributed by atoms with E-state index in [-0.39, 0.29) is 11.1 Å². The Morgan fingerprint density at radius 3 is 1.21 bits per heavy atom. The lowest BCUT2D eigenvalue weighted by atomic mass is 9.91. The first-order chi connectivity index (χ1) is 11.6. The zero-order valence-corrected chi connectivity index (χ0v) is 12.5. The van der Waals surface area contributed by atoms with E-state index in [0.29, 0.717) is 10.8 Å². The first kappa shape index (κ1) is 14.2. The van der Waals surface area contributed by atoms with Gasteiger partial charge in [0.15, 0.2) is 0 Å². The molecule has 0 unspecified atom stereocenters. The fraction of sp³-hybridized carbons (Fsp3) is 0. The van der Waals surface area contributed by atoms with Crippen LogP contribution in [0.25, 0.3) is 32.3 Å². The van der Waals surface area contributed by atoms with Crippen molar-refractivity contribution in [1.82, 2.24) is 0 Å². The van der Waals surface area contributed by atoms with E-state index in [4.69, 9.17) is 0 Å². The molecule has 2 N–H and O–H groups in total. The molecule has 0 radical (unpaired) electrons. The Labute approximate surface area is 136 Å². The Morgan fingerprint density at radius 2 is 0.875 bits per heavy atom. The van der Waals surface area contributed by atoms with E-state index in [1.165, 1.54) is 0 Å². The molecular weight excluding hydrogens is 304 g/mol. The van der Waals surface area contributed by atoms with Crippen LogP contribution in [0, 0.1) is 0 Å². The third kappa shape index (κ3) is 1.93. The van der Waals surface area contributed by atoms with Gasteiger partial charge in [0.2, 0.25) is 0 Å². The van der Waals surface area contributed by atoms with Gasteiger partial charge in [-0.2, -0.15) is 0 Å². The van der Waals surface area contributed by atoms with E-state index in [9.17, 15) is 19.8 Å². The number of benzene rings is 4. The molecule has 4 heteroatoms. The SMILES string of the molecule is O=C(O)c1cc2c3ccccc3c(C(=O)O)cc2c2ccccc12. The van der Waals surface area contributed by atoms with Crippen molar-refractivity contribution < 1.29 is 19.8 Å². The second kappa shape index (κ2) is 5.06. The van der Waals surface area contributed by atoms with Crippen molar-refractivity contribution >= 4 is 44.3 Å². The summed E-state index contributed by atoms with van der Waals surface area (Å²) in [5.41, 5.74) is 0.428. The fourth-order valence-corrected chi connectivity index (χ4v) is 3.30. The summed E-state index contributed by atoms with van der Waals surface area (Å²) < 4.78 is 0. The third-order valence-corrected chi connectivity index (χ3v) is 4.34. The molecule has 0 aliphatic carbocycles. The van der Waals surface area contributed by atoms with Crippen LogP contribution < -0.4 is 0 Å². The van der Waals surface area contributed by atoms with Gasteiger partial charge < -0.3 is 10.2 Å². The first-order valence-corrected chi connectivity index (χ1v) is 7.41. The predicted molar refractivity (Wildman–Crippen MR) is 92.9 cm³/mol. The molecule has 0 bridgehead atoms. The van der Waals surface area contributed by atoms with Crippen LogP contribution in [-0.4, -0.2) is 22.2 Å². The molecule has 0 heterocycles. The van der Waals surface area contributed by atoms with Gasteiger partial charge in [0.25, 0.3) is 0 Å². The average Bonchev–Trinajstić information content (AvgIpc) is 2.59. The Hall–Kier alpha value is -3.40. The number of aromatic carboxylic acids is 2. The monoisotopic (exact) mass is 316 g/mol. The van der Waals surface area contributed by atoms with Crippen LogP contribution in [0.15, 0.2) is 60.7 Å². The molecular formula is C20H12O4. The smallest absolute Gasteiger partial charge is 0.336 e. The standard InChI is InChI=1S/C20H12O4/c21-19(22)17-10-16-12-6-2-4-8-14(12)18(20(23)24)9-15(16)11-5-1-3-7-13(11)17/h1-10H,(H,21,22)(H,23,24). The number of hydrogen-bond acceptors (Lipinski definition) is 2. The van der Waals surface area contributed by atoms with Crippen LogP contribution >= 0.6 is 0 Å². The minimum absolute atomic E-state index is 0.214. The Bertz CT molecular complexity index is 1070. The van der Waals surface area contributed by atoms with Gasteiger partial charge in [-0.3, -0.25) is 0 Å². The molecule has 0 aromatic heterocycles. The van der Waals surface area contributed by atoms with Crippen molar-refractivity contribution in [2.24, 2.45) is 0 Å². The van der Waals surface area contributed by atoms with E-state index >= 15 is 0 Å². The van der Waals surface area contributed by atoms with Gasteiger partial charge in [-0.1, -0.05) is 48.5 Å². The Kier molecular flexibility index (Phi) is 3.00. The number of hydrogen-bond donors (Lipinski definition) is 2. The van der Waals surface area contributed by atoms with Crippen molar-refractivity contribution in [3.63, 3.8) is 0 Å². The van der Waals surface area contributed by atoms with Crippen LogP contribution in [-0.2, 0) is 0 Å². The molecule has 0 saturated carbocycles. The third-order valence-electron chi connectivity index (χ3n) is 4.34. The maximum atomic E-state index is 11.7. The summed E-state index contributed by atoms with van der Waals surface area (Å²) in [6.07, 6.45) is 0. The van der Waals surface area contributed by atoms with Crippen molar-refractivity contribution in [2.45, 2.75) is 0 Å². The summed E-state index contributed by atoms with van der Waals surface area (Å²) in [5, 5.41) is 23.3. The maximum Gasteiger partial charge on any atom is 0.336 e. The van der Waals surface area contributed by atoms with Crippen LogP contribution in [0.5, 0.6) is 0 Å². The molecule has 0 saturated heterocycles. The lowest BCUT2D eigenvalue weighted by Crippen LogP contribution is -2.01. The zero-order valence-electron chi connectivity index (χ0n) is 12.5. The van der Waals surface area contributed by atoms with Crippen LogP contribution in [0.1, 0.15) is 20.7 Å². The molecule has 0 atom stereocenters. The minimum atomic E-state index is -1.00. The van der Waals surface area contributed by atoms with Gasteiger partial charge in [0, 0.05) is 0 Å². The van der Waals surface area contributed by atoms with Crippen LogP contribution in [0.2, 0.25) is 0 Å². The summed E-state index contributed by atoms with van der Waals surface area (Å²) >= 11 is 0. The second-order valence-electron chi connectivity index (χ2n) is 5.64. The average molecular weight is 316 g/mol. The molecule has 4 aromatic rings. The second-order valence-corrected chi connectivity index (χ2v) is 5.64. The molecule has 4 aromatic carbocycles. The zero-order chi connectivity index (χ0) is 16.8. The van der Waals surface area contributed by atoms with Crippen molar-refractivity contribution in [3.8, 4) is 0 Å². The lowest BCUT2D eigenvalue weighted by Gasteiger charge is -2.12. The van der Waals surface area contributed by atoms with E-state index < -0.39 is 11.9 Å². The van der Waals surface area contributed by atoms with Gasteiger partial charge in [-0.05, 0) is 44.5 Å². The number of carboxylic acids is 2. The van der Waals surface area contributed by atoms with Crippen molar-refractivity contribution in [2.75, 3.05) is 0 Å². The molecule has 24 heavy (non-hydrogen) atoms. The summed E-state index contributed by atoms with van der Waals surface area (Å²) in [7, 11) is 0. The highest BCUT2D eigenvalue weighted by Gasteiger charge is 2.17. The van der Waals surface area contributed by atoms with Gasteiger partial charge in [0.05, 0.1) is 11.1 Å². The molecule has 4 rings (SSSR count). The molecule has 0 spiro atoms. The van der Waals surface area contributed by atoms with Crippen molar-refractivity contribution in [3.05, 3.63) is 71.8 Å². The number of carbonyl (C=O) groups is 2. The summed E-state index contributed by atoms with van der Waals surface area (Å²) in [5.74, 6) is -2.00. The molecule has 0 aliphatic heterocycles. The summed E-state index contributed by atoms with van der Waals surface area (Å²) in [6, 6.07) is 17.6. The van der Waals surface area contributed by atoms with Crippen LogP contribution in [0.3, 0.4) is 0 Å². The van der Waals surface area contributed by atoms with Gasteiger partial charge in [-0.15, -0.1) is 0 Å². The van der Waals surface area contributed by atoms with Gasteiger partial charge >= 0.3 is 11.9 Å². The van der Waals surface area contributed by atoms with Gasteiger partial charge in [0.1, 0.15) is 0 Å². The summed E-state index contributed by atoms with van der Waals surface area (Å²) in [6.45, 7) is 0. The first-order valence-electron chi connectivity index (χ1n) is 7.41. The normalized spacial score (nSPS) is 11.2. The van der Waals surface area contributed by atoms with Crippen LogP contribution in [0.4, 0.5) is 0 Å². The minimum Gasteiger partial charge on any atom is -0.478 e. The predicted octanol–water partition coefficient (Wildman–Crippen LogP) is 4.54. The quantitative estimate of drug-likeness (QED) is 0.532. The highest BCUT2D eigenvalue weighted by molar-refractivity contribution is 6.24. The number of fused-ring (bicyclic) bond motifs is 5. The van der Waals surface area contributed by atoms with E-state index in [0.717, 1.165) is 21.5 Å². The molecule has 0 fully saturated rings. The molecule has 0 aliphatic rings. The number of rotatable bonds is 2.